The van der Waals surface area contributed by atoms with E-state index in [-0.39, 0.29) is 11.9 Å². The van der Waals surface area contributed by atoms with Crippen LogP contribution in [-0.4, -0.2) is 10.8 Å². The summed E-state index contributed by atoms with van der Waals surface area (Å²) in [7, 11) is 0. The van der Waals surface area contributed by atoms with Gasteiger partial charge < -0.3 is 4.90 Å². The van der Waals surface area contributed by atoms with Gasteiger partial charge in [-0.2, -0.15) is 0 Å². The lowest BCUT2D eigenvalue weighted by Gasteiger charge is -2.27. The van der Waals surface area contributed by atoms with Crippen molar-refractivity contribution in [1.29, 1.82) is 0 Å². The predicted octanol–water partition coefficient (Wildman–Crippen LogP) is 4.78. The second-order valence-corrected chi connectivity index (χ2v) is 6.10. The van der Waals surface area contributed by atoms with Crippen LogP contribution in [-0.2, 0) is 4.79 Å². The topological polar surface area (TPSA) is 20.3 Å². The fourth-order valence-electron chi connectivity index (χ4n) is 2.79. The Morgan fingerprint density at radius 3 is 2.43 bits per heavy atom. The van der Waals surface area contributed by atoms with Gasteiger partial charge in [-0.25, -0.2) is 0 Å². The highest BCUT2D eigenvalue weighted by Crippen LogP contribution is 2.38. The van der Waals surface area contributed by atoms with Crippen molar-refractivity contribution in [3.8, 4) is 0 Å². The van der Waals surface area contributed by atoms with Crippen LogP contribution in [0.15, 0.2) is 65.6 Å². The Morgan fingerprint density at radius 1 is 1.10 bits per heavy atom. The third-order valence-electron chi connectivity index (χ3n) is 3.86. The van der Waals surface area contributed by atoms with Gasteiger partial charge in [-0.15, -0.1) is 0 Å². The molecular weight excluding hydrogens is 326 g/mol. The van der Waals surface area contributed by atoms with E-state index in [4.69, 9.17) is 0 Å². The average molecular weight is 342 g/mol. The van der Waals surface area contributed by atoms with Crippen molar-refractivity contribution in [2.24, 2.45) is 0 Å². The SMILES string of the molecule is C=C(c1ccccc1)N1C(=O)CC[C@@H]1c1ccc(Br)cc1. The van der Waals surface area contributed by atoms with Crippen LogP contribution in [0, 0.1) is 0 Å². The lowest BCUT2D eigenvalue weighted by atomic mass is 10.0. The molecule has 0 aromatic heterocycles. The molecule has 0 unspecified atom stereocenters. The van der Waals surface area contributed by atoms with E-state index in [0.29, 0.717) is 6.42 Å². The maximum atomic E-state index is 12.3. The van der Waals surface area contributed by atoms with E-state index < -0.39 is 0 Å². The minimum Gasteiger partial charge on any atom is -0.305 e. The second kappa shape index (κ2) is 5.86. The number of carbonyl (C=O) groups is 1. The maximum Gasteiger partial charge on any atom is 0.227 e. The van der Waals surface area contributed by atoms with Crippen LogP contribution in [0.3, 0.4) is 0 Å². The summed E-state index contributed by atoms with van der Waals surface area (Å²) < 4.78 is 1.05. The van der Waals surface area contributed by atoms with Crippen LogP contribution in [0.4, 0.5) is 0 Å². The summed E-state index contributed by atoms with van der Waals surface area (Å²) in [5.41, 5.74) is 2.93. The lowest BCUT2D eigenvalue weighted by Crippen LogP contribution is -2.25. The van der Waals surface area contributed by atoms with Crippen molar-refractivity contribution in [3.05, 3.63) is 76.8 Å². The van der Waals surface area contributed by atoms with Crippen molar-refractivity contribution in [2.75, 3.05) is 0 Å². The van der Waals surface area contributed by atoms with Gasteiger partial charge in [0.25, 0.3) is 0 Å². The van der Waals surface area contributed by atoms with Gasteiger partial charge in [0.1, 0.15) is 0 Å². The quantitative estimate of drug-likeness (QED) is 0.786. The summed E-state index contributed by atoms with van der Waals surface area (Å²) in [6.07, 6.45) is 1.42. The first kappa shape index (κ1) is 14.1. The highest BCUT2D eigenvalue weighted by Gasteiger charge is 2.34. The number of halogens is 1. The van der Waals surface area contributed by atoms with Gasteiger partial charge in [-0.1, -0.05) is 65.0 Å². The highest BCUT2D eigenvalue weighted by molar-refractivity contribution is 9.10. The highest BCUT2D eigenvalue weighted by atomic mass is 79.9. The van der Waals surface area contributed by atoms with E-state index in [1.54, 1.807) is 0 Å². The summed E-state index contributed by atoms with van der Waals surface area (Å²) >= 11 is 3.45. The van der Waals surface area contributed by atoms with Crippen LogP contribution in [0.25, 0.3) is 5.70 Å². The van der Waals surface area contributed by atoms with Gasteiger partial charge in [0.15, 0.2) is 0 Å². The Bertz CT molecular complexity index is 663. The molecule has 0 saturated carbocycles. The van der Waals surface area contributed by atoms with E-state index in [9.17, 15) is 4.79 Å². The van der Waals surface area contributed by atoms with Crippen LogP contribution < -0.4 is 0 Å². The molecule has 3 heteroatoms. The predicted molar refractivity (Wildman–Crippen MR) is 88.4 cm³/mol. The van der Waals surface area contributed by atoms with Gasteiger partial charge in [-0.3, -0.25) is 4.79 Å². The zero-order valence-electron chi connectivity index (χ0n) is 11.6. The molecule has 0 N–H and O–H groups in total. The summed E-state index contributed by atoms with van der Waals surface area (Å²) in [4.78, 5) is 14.1. The Labute approximate surface area is 133 Å². The molecular formula is C18H16BrNO. The monoisotopic (exact) mass is 341 g/mol. The number of hydrogen-bond donors (Lipinski definition) is 0. The molecule has 106 valence electrons. The van der Waals surface area contributed by atoms with E-state index in [0.717, 1.165) is 27.7 Å². The largest absolute Gasteiger partial charge is 0.305 e. The van der Waals surface area contributed by atoms with E-state index in [1.165, 1.54) is 0 Å². The molecule has 3 rings (SSSR count). The molecule has 0 aliphatic carbocycles. The van der Waals surface area contributed by atoms with E-state index in [1.807, 2.05) is 47.4 Å². The van der Waals surface area contributed by atoms with E-state index >= 15 is 0 Å². The smallest absolute Gasteiger partial charge is 0.227 e. The maximum absolute atomic E-state index is 12.3. The fourth-order valence-corrected chi connectivity index (χ4v) is 3.06. The van der Waals surface area contributed by atoms with Gasteiger partial charge in [0.05, 0.1) is 6.04 Å². The van der Waals surface area contributed by atoms with Gasteiger partial charge >= 0.3 is 0 Å². The van der Waals surface area contributed by atoms with Crippen molar-refractivity contribution in [3.63, 3.8) is 0 Å². The van der Waals surface area contributed by atoms with Crippen molar-refractivity contribution >= 4 is 27.5 Å². The first-order valence-electron chi connectivity index (χ1n) is 6.98. The lowest BCUT2D eigenvalue weighted by molar-refractivity contribution is -0.125. The van der Waals surface area contributed by atoms with Crippen LogP contribution in [0.5, 0.6) is 0 Å². The zero-order valence-corrected chi connectivity index (χ0v) is 13.2. The molecule has 21 heavy (non-hydrogen) atoms. The molecule has 1 aliphatic rings. The second-order valence-electron chi connectivity index (χ2n) is 5.18. The Morgan fingerprint density at radius 2 is 1.76 bits per heavy atom. The first-order valence-corrected chi connectivity index (χ1v) is 7.78. The average Bonchev–Trinajstić information content (AvgIpc) is 2.90. The van der Waals surface area contributed by atoms with Gasteiger partial charge in [0.2, 0.25) is 5.91 Å². The number of amides is 1. The molecule has 1 aliphatic heterocycles. The summed E-state index contributed by atoms with van der Waals surface area (Å²) in [5.74, 6) is 0.150. The van der Waals surface area contributed by atoms with Crippen molar-refractivity contribution < 1.29 is 4.79 Å². The van der Waals surface area contributed by atoms with Crippen LogP contribution >= 0.6 is 15.9 Å². The molecule has 2 aromatic rings. The number of nitrogens with zero attached hydrogens (tertiary/aromatic N) is 1. The molecule has 1 amide bonds. The minimum atomic E-state index is 0.0818. The minimum absolute atomic E-state index is 0.0818. The molecule has 1 fully saturated rings. The van der Waals surface area contributed by atoms with E-state index in [2.05, 4.69) is 34.6 Å². The normalized spacial score (nSPS) is 18.0. The number of benzene rings is 2. The molecule has 1 saturated heterocycles. The van der Waals surface area contributed by atoms with Crippen molar-refractivity contribution in [2.45, 2.75) is 18.9 Å². The van der Waals surface area contributed by atoms with Crippen LogP contribution in [0.1, 0.15) is 30.0 Å². The van der Waals surface area contributed by atoms with Crippen molar-refractivity contribution in [1.82, 2.24) is 4.90 Å². The molecule has 2 nitrogen and oxygen atoms in total. The van der Waals surface area contributed by atoms with Gasteiger partial charge in [0, 0.05) is 16.6 Å². The summed E-state index contributed by atoms with van der Waals surface area (Å²) in [6.45, 7) is 4.15. The molecule has 1 heterocycles. The van der Waals surface area contributed by atoms with Crippen LogP contribution in [0.2, 0.25) is 0 Å². The summed E-state index contributed by atoms with van der Waals surface area (Å²) in [5, 5.41) is 0. The number of rotatable bonds is 3. The zero-order chi connectivity index (χ0) is 14.8. The number of likely N-dealkylation sites (tertiary alicyclic amines) is 1. The number of carbonyl (C=O) groups excluding carboxylic acids is 1. The molecule has 0 spiro atoms. The third-order valence-corrected chi connectivity index (χ3v) is 4.39. The Kier molecular flexibility index (Phi) is 3.93. The first-order chi connectivity index (χ1) is 10.2. The molecule has 0 bridgehead atoms. The fraction of sp³-hybridized carbons (Fsp3) is 0.167. The third kappa shape index (κ3) is 2.79. The van der Waals surface area contributed by atoms with Gasteiger partial charge in [-0.05, 0) is 29.7 Å². The molecule has 0 radical (unpaired) electrons. The standard InChI is InChI=1S/C18H16BrNO/c1-13(14-5-3-2-4-6-14)20-17(11-12-18(20)21)15-7-9-16(19)10-8-15/h2-10,17H,1,11-12H2/t17-/m1/s1. The molecule has 1 atom stereocenters. The Hall–Kier alpha value is -1.87. The Balaban J connectivity index is 1.93. The number of hydrogen-bond acceptors (Lipinski definition) is 1. The summed E-state index contributed by atoms with van der Waals surface area (Å²) in [6, 6.07) is 18.1. The molecule has 2 aromatic carbocycles.